The molecule has 0 saturated heterocycles. The zero-order valence-electron chi connectivity index (χ0n) is 8.62. The normalized spacial score (nSPS) is 15.7. The monoisotopic (exact) mass is 182 g/mol. The molecule has 1 heterocycles. The first kappa shape index (κ1) is 10.3. The van der Waals surface area contributed by atoms with Gasteiger partial charge in [-0.1, -0.05) is 20.3 Å². The highest BCUT2D eigenvalue weighted by atomic mass is 16.3. The summed E-state index contributed by atoms with van der Waals surface area (Å²) in [5.41, 5.74) is 0.252. The quantitative estimate of drug-likeness (QED) is 0.771. The Labute approximate surface area is 79.4 Å². The van der Waals surface area contributed by atoms with Crippen LogP contribution in [0, 0.1) is 0 Å². The number of aliphatic hydroxyl groups is 1. The highest BCUT2D eigenvalue weighted by Crippen LogP contribution is 2.29. The lowest BCUT2D eigenvalue weighted by molar-refractivity contribution is 0.0225. The van der Waals surface area contributed by atoms with Gasteiger partial charge in [-0.05, 0) is 12.8 Å². The molecule has 3 heteroatoms. The van der Waals surface area contributed by atoms with Crippen LogP contribution in [0.2, 0.25) is 0 Å². The lowest BCUT2D eigenvalue weighted by Crippen LogP contribution is -2.23. The van der Waals surface area contributed by atoms with Crippen LogP contribution in [0.5, 0.6) is 0 Å². The molecule has 0 aromatic carbocycles. The summed E-state index contributed by atoms with van der Waals surface area (Å²) in [6, 6.07) is 0. The summed E-state index contributed by atoms with van der Waals surface area (Å²) in [5, 5.41) is 14.3. The second-order valence-electron chi connectivity index (χ2n) is 3.54. The molecule has 0 saturated carbocycles. The Bertz CT molecular complexity index is 270. The number of aryl methyl sites for hydroxylation is 1. The molecular weight excluding hydrogens is 164 g/mol. The molecule has 0 aliphatic rings. The van der Waals surface area contributed by atoms with Crippen molar-refractivity contribution in [3.63, 3.8) is 0 Å². The van der Waals surface area contributed by atoms with Crippen LogP contribution in [0.4, 0.5) is 0 Å². The standard InChI is InChI=1S/C10H18N2O/c1-4-6-10(13,5-2)9-7-11-12(3)8-9/h7-8,13H,4-6H2,1-3H3. The highest BCUT2D eigenvalue weighted by Gasteiger charge is 2.27. The minimum Gasteiger partial charge on any atom is -0.385 e. The molecule has 74 valence electrons. The predicted octanol–water partition coefficient (Wildman–Crippen LogP) is 1.82. The smallest absolute Gasteiger partial charge is 0.0924 e. The van der Waals surface area contributed by atoms with Gasteiger partial charge < -0.3 is 5.11 Å². The first-order valence-corrected chi connectivity index (χ1v) is 4.84. The Morgan fingerprint density at radius 3 is 2.62 bits per heavy atom. The maximum absolute atomic E-state index is 10.3. The molecule has 1 unspecified atom stereocenters. The molecule has 0 radical (unpaired) electrons. The van der Waals surface area contributed by atoms with Gasteiger partial charge in [-0.15, -0.1) is 0 Å². The molecule has 0 aliphatic heterocycles. The zero-order valence-corrected chi connectivity index (χ0v) is 8.62. The van der Waals surface area contributed by atoms with Gasteiger partial charge in [-0.3, -0.25) is 4.68 Å². The molecule has 1 aromatic rings. The third-order valence-electron chi connectivity index (χ3n) is 2.49. The van der Waals surface area contributed by atoms with E-state index in [-0.39, 0.29) is 0 Å². The van der Waals surface area contributed by atoms with Crippen LogP contribution in [0.1, 0.15) is 38.7 Å². The zero-order chi connectivity index (χ0) is 9.90. The number of nitrogens with zero attached hydrogens (tertiary/aromatic N) is 2. The van der Waals surface area contributed by atoms with Crippen LogP contribution in [-0.2, 0) is 12.6 Å². The van der Waals surface area contributed by atoms with Gasteiger partial charge in [0.2, 0.25) is 0 Å². The van der Waals surface area contributed by atoms with Crippen LogP contribution in [0.15, 0.2) is 12.4 Å². The lowest BCUT2D eigenvalue weighted by atomic mass is 9.89. The van der Waals surface area contributed by atoms with E-state index in [4.69, 9.17) is 0 Å². The molecular formula is C10H18N2O. The molecule has 0 amide bonds. The van der Waals surface area contributed by atoms with Crippen LogP contribution in [0.3, 0.4) is 0 Å². The molecule has 1 rings (SSSR count). The van der Waals surface area contributed by atoms with E-state index in [1.807, 2.05) is 20.2 Å². The molecule has 1 atom stereocenters. The van der Waals surface area contributed by atoms with Crippen molar-refractivity contribution in [3.05, 3.63) is 18.0 Å². The second kappa shape index (κ2) is 3.92. The third kappa shape index (κ3) is 2.10. The van der Waals surface area contributed by atoms with Crippen LogP contribution >= 0.6 is 0 Å². The largest absolute Gasteiger partial charge is 0.385 e. The van der Waals surface area contributed by atoms with E-state index in [1.165, 1.54) is 0 Å². The topological polar surface area (TPSA) is 38.1 Å². The van der Waals surface area contributed by atoms with Crippen molar-refractivity contribution in [2.45, 2.75) is 38.7 Å². The summed E-state index contributed by atoms with van der Waals surface area (Å²) in [6.07, 6.45) is 6.17. The molecule has 0 bridgehead atoms. The van der Waals surface area contributed by atoms with E-state index in [0.29, 0.717) is 0 Å². The van der Waals surface area contributed by atoms with Crippen molar-refractivity contribution in [2.24, 2.45) is 7.05 Å². The highest BCUT2D eigenvalue weighted by molar-refractivity contribution is 5.14. The van der Waals surface area contributed by atoms with E-state index in [0.717, 1.165) is 24.8 Å². The van der Waals surface area contributed by atoms with E-state index in [9.17, 15) is 5.11 Å². The molecule has 13 heavy (non-hydrogen) atoms. The summed E-state index contributed by atoms with van der Waals surface area (Å²) in [4.78, 5) is 0. The second-order valence-corrected chi connectivity index (χ2v) is 3.54. The molecule has 3 nitrogen and oxygen atoms in total. The van der Waals surface area contributed by atoms with Crippen molar-refractivity contribution >= 4 is 0 Å². The van der Waals surface area contributed by atoms with Crippen LogP contribution < -0.4 is 0 Å². The number of hydrogen-bond acceptors (Lipinski definition) is 2. The number of hydrogen-bond donors (Lipinski definition) is 1. The molecule has 1 aromatic heterocycles. The van der Waals surface area contributed by atoms with E-state index in [1.54, 1.807) is 10.9 Å². The summed E-state index contributed by atoms with van der Waals surface area (Å²) in [5.74, 6) is 0. The van der Waals surface area contributed by atoms with Crippen molar-refractivity contribution < 1.29 is 5.11 Å². The number of aromatic nitrogens is 2. The van der Waals surface area contributed by atoms with Gasteiger partial charge in [-0.2, -0.15) is 5.10 Å². The summed E-state index contributed by atoms with van der Waals surface area (Å²) >= 11 is 0. The molecule has 1 N–H and O–H groups in total. The summed E-state index contributed by atoms with van der Waals surface area (Å²) < 4.78 is 1.73. The lowest BCUT2D eigenvalue weighted by Gasteiger charge is -2.24. The summed E-state index contributed by atoms with van der Waals surface area (Å²) in [6.45, 7) is 4.08. The van der Waals surface area contributed by atoms with Crippen molar-refractivity contribution in [1.82, 2.24) is 9.78 Å². The van der Waals surface area contributed by atoms with Gasteiger partial charge in [0.25, 0.3) is 0 Å². The van der Waals surface area contributed by atoms with Gasteiger partial charge in [0.15, 0.2) is 0 Å². The van der Waals surface area contributed by atoms with Gasteiger partial charge in [0.1, 0.15) is 0 Å². The van der Waals surface area contributed by atoms with Crippen LogP contribution in [-0.4, -0.2) is 14.9 Å². The van der Waals surface area contributed by atoms with Crippen LogP contribution in [0.25, 0.3) is 0 Å². The fourth-order valence-electron chi connectivity index (χ4n) is 1.60. The maximum Gasteiger partial charge on any atom is 0.0924 e. The fraction of sp³-hybridized carbons (Fsp3) is 0.700. The van der Waals surface area contributed by atoms with Crippen molar-refractivity contribution in [3.8, 4) is 0 Å². The van der Waals surface area contributed by atoms with Gasteiger partial charge >= 0.3 is 0 Å². The molecule has 0 aliphatic carbocycles. The average molecular weight is 182 g/mol. The van der Waals surface area contributed by atoms with Crippen molar-refractivity contribution in [2.75, 3.05) is 0 Å². The fourth-order valence-corrected chi connectivity index (χ4v) is 1.60. The van der Waals surface area contributed by atoms with E-state index >= 15 is 0 Å². The first-order valence-electron chi connectivity index (χ1n) is 4.84. The Hall–Kier alpha value is -0.830. The molecule has 0 spiro atoms. The van der Waals surface area contributed by atoms with Crippen molar-refractivity contribution in [1.29, 1.82) is 0 Å². The molecule has 0 fully saturated rings. The average Bonchev–Trinajstić information content (AvgIpc) is 2.52. The summed E-state index contributed by atoms with van der Waals surface area (Å²) in [7, 11) is 1.87. The minimum atomic E-state index is -0.678. The Balaban J connectivity index is 2.88. The maximum atomic E-state index is 10.3. The first-order chi connectivity index (χ1) is 6.12. The minimum absolute atomic E-state index is 0.678. The number of rotatable bonds is 4. The SMILES string of the molecule is CCCC(O)(CC)c1cnn(C)c1. The van der Waals surface area contributed by atoms with Gasteiger partial charge in [0.05, 0.1) is 11.8 Å². The predicted molar refractivity (Wildman–Crippen MR) is 52.3 cm³/mol. The third-order valence-corrected chi connectivity index (χ3v) is 2.49. The van der Waals surface area contributed by atoms with E-state index < -0.39 is 5.60 Å². The van der Waals surface area contributed by atoms with Gasteiger partial charge in [0, 0.05) is 18.8 Å². The Morgan fingerprint density at radius 2 is 2.23 bits per heavy atom. The van der Waals surface area contributed by atoms with E-state index in [2.05, 4.69) is 12.0 Å². The Morgan fingerprint density at radius 1 is 1.54 bits per heavy atom. The van der Waals surface area contributed by atoms with Gasteiger partial charge in [-0.25, -0.2) is 0 Å². The Kier molecular flexibility index (Phi) is 3.09.